The summed E-state index contributed by atoms with van der Waals surface area (Å²) in [6, 6.07) is 17.9. The number of aromatic nitrogens is 1. The molecule has 2 aromatic carbocycles. The van der Waals surface area contributed by atoms with Crippen LogP contribution >= 0.6 is 0 Å². The lowest BCUT2D eigenvalue weighted by atomic mass is 10.2. The molecule has 0 fully saturated rings. The molecule has 3 rings (SSSR count). The van der Waals surface area contributed by atoms with Crippen molar-refractivity contribution in [2.45, 2.75) is 26.5 Å². The topological polar surface area (TPSA) is 40.5 Å². The smallest absolute Gasteiger partial charge is 0.325 e. The fraction of sp³-hybridized carbons (Fsp3) is 0.250. The monoisotopic (exact) mass is 323 g/mol. The molecule has 0 atom stereocenters. The minimum atomic E-state index is -0.218. The van der Waals surface area contributed by atoms with E-state index in [-0.39, 0.29) is 12.5 Å². The van der Waals surface area contributed by atoms with E-state index in [4.69, 9.17) is 9.47 Å². The van der Waals surface area contributed by atoms with Gasteiger partial charge >= 0.3 is 5.97 Å². The number of hydrogen-bond acceptors (Lipinski definition) is 3. The third kappa shape index (κ3) is 3.77. The van der Waals surface area contributed by atoms with E-state index < -0.39 is 0 Å². The van der Waals surface area contributed by atoms with Crippen LogP contribution in [0.4, 0.5) is 0 Å². The Bertz CT molecular complexity index is 808. The van der Waals surface area contributed by atoms with Crippen molar-refractivity contribution in [1.82, 2.24) is 4.57 Å². The molecule has 0 aliphatic carbocycles. The van der Waals surface area contributed by atoms with Crippen molar-refractivity contribution in [3.05, 3.63) is 66.4 Å². The van der Waals surface area contributed by atoms with Crippen LogP contribution in [-0.2, 0) is 22.7 Å². The Morgan fingerprint density at radius 3 is 2.67 bits per heavy atom. The van der Waals surface area contributed by atoms with Crippen LogP contribution in [0.5, 0.6) is 5.75 Å². The summed E-state index contributed by atoms with van der Waals surface area (Å²) < 4.78 is 13.0. The van der Waals surface area contributed by atoms with Crippen LogP contribution in [0, 0.1) is 0 Å². The largest absolute Gasteiger partial charge is 0.488 e. The zero-order valence-corrected chi connectivity index (χ0v) is 13.8. The van der Waals surface area contributed by atoms with Crippen molar-refractivity contribution in [2.24, 2.45) is 0 Å². The quantitative estimate of drug-likeness (QED) is 0.613. The van der Waals surface area contributed by atoms with E-state index in [0.29, 0.717) is 13.2 Å². The Labute approximate surface area is 141 Å². The van der Waals surface area contributed by atoms with Gasteiger partial charge in [-0.15, -0.1) is 0 Å². The Morgan fingerprint density at radius 1 is 1.04 bits per heavy atom. The standard InChI is InChI=1S/C20H21NO3/c1-2-13-23-20(22)14-21-12-11-17-18(21)9-6-10-19(17)24-15-16-7-4-3-5-8-16/h3-12H,2,13-15H2,1H3. The van der Waals surface area contributed by atoms with Gasteiger partial charge in [-0.2, -0.15) is 0 Å². The molecule has 0 aliphatic heterocycles. The molecule has 4 nitrogen and oxygen atoms in total. The van der Waals surface area contributed by atoms with Gasteiger partial charge in [0.15, 0.2) is 0 Å². The van der Waals surface area contributed by atoms with E-state index in [1.165, 1.54) is 0 Å². The summed E-state index contributed by atoms with van der Waals surface area (Å²) in [6.45, 7) is 3.17. The van der Waals surface area contributed by atoms with Crippen molar-refractivity contribution in [3.8, 4) is 5.75 Å². The third-order valence-electron chi connectivity index (χ3n) is 3.78. The molecule has 124 valence electrons. The van der Waals surface area contributed by atoms with E-state index in [9.17, 15) is 4.79 Å². The molecule has 0 radical (unpaired) electrons. The highest BCUT2D eigenvalue weighted by atomic mass is 16.5. The lowest BCUT2D eigenvalue weighted by Gasteiger charge is -2.09. The molecule has 0 aliphatic rings. The van der Waals surface area contributed by atoms with Crippen LogP contribution in [0.2, 0.25) is 0 Å². The summed E-state index contributed by atoms with van der Waals surface area (Å²) >= 11 is 0. The van der Waals surface area contributed by atoms with Crippen molar-refractivity contribution in [3.63, 3.8) is 0 Å². The van der Waals surface area contributed by atoms with E-state index in [2.05, 4.69) is 0 Å². The zero-order valence-electron chi connectivity index (χ0n) is 13.8. The maximum Gasteiger partial charge on any atom is 0.325 e. The highest BCUT2D eigenvalue weighted by Gasteiger charge is 2.10. The van der Waals surface area contributed by atoms with Gasteiger partial charge in [0.25, 0.3) is 0 Å². The summed E-state index contributed by atoms with van der Waals surface area (Å²) in [5.41, 5.74) is 2.09. The number of ether oxygens (including phenoxy) is 2. The Morgan fingerprint density at radius 2 is 1.88 bits per heavy atom. The highest BCUT2D eigenvalue weighted by molar-refractivity contribution is 5.87. The number of carbonyl (C=O) groups excluding carboxylic acids is 1. The summed E-state index contributed by atoms with van der Waals surface area (Å²) in [5.74, 6) is 0.599. The molecule has 0 amide bonds. The molecule has 4 heteroatoms. The van der Waals surface area contributed by atoms with E-state index in [1.54, 1.807) is 0 Å². The number of esters is 1. The number of hydrogen-bond donors (Lipinski definition) is 0. The fourth-order valence-corrected chi connectivity index (χ4v) is 2.59. The SMILES string of the molecule is CCCOC(=O)Cn1ccc2c(OCc3ccccc3)cccc21. The Balaban J connectivity index is 1.75. The minimum absolute atomic E-state index is 0.214. The van der Waals surface area contributed by atoms with E-state index >= 15 is 0 Å². The Kier molecular flexibility index (Phi) is 5.16. The molecule has 1 aromatic heterocycles. The summed E-state index contributed by atoms with van der Waals surface area (Å²) in [6.07, 6.45) is 2.73. The average Bonchev–Trinajstić information content (AvgIpc) is 3.02. The van der Waals surface area contributed by atoms with E-state index in [1.807, 2.05) is 72.3 Å². The van der Waals surface area contributed by atoms with Gasteiger partial charge in [-0.1, -0.05) is 43.3 Å². The summed E-state index contributed by atoms with van der Waals surface area (Å²) in [4.78, 5) is 11.8. The van der Waals surface area contributed by atoms with Gasteiger partial charge in [-0.3, -0.25) is 4.79 Å². The molecule has 0 saturated carbocycles. The molecule has 1 heterocycles. The second-order valence-electron chi connectivity index (χ2n) is 5.63. The van der Waals surface area contributed by atoms with Gasteiger partial charge in [-0.05, 0) is 30.2 Å². The summed E-state index contributed by atoms with van der Waals surface area (Å²) in [5, 5.41) is 0.997. The van der Waals surface area contributed by atoms with Crippen LogP contribution in [0.1, 0.15) is 18.9 Å². The average molecular weight is 323 g/mol. The third-order valence-corrected chi connectivity index (χ3v) is 3.78. The predicted octanol–water partition coefficient (Wildman–Crippen LogP) is 4.17. The van der Waals surface area contributed by atoms with Gasteiger partial charge < -0.3 is 14.0 Å². The van der Waals surface area contributed by atoms with Gasteiger partial charge in [0, 0.05) is 11.6 Å². The van der Waals surface area contributed by atoms with Gasteiger partial charge in [0.1, 0.15) is 18.9 Å². The van der Waals surface area contributed by atoms with Crippen molar-refractivity contribution < 1.29 is 14.3 Å². The van der Waals surface area contributed by atoms with Crippen molar-refractivity contribution >= 4 is 16.9 Å². The minimum Gasteiger partial charge on any atom is -0.488 e. The highest BCUT2D eigenvalue weighted by Crippen LogP contribution is 2.27. The van der Waals surface area contributed by atoms with Crippen LogP contribution < -0.4 is 4.74 Å². The molecular formula is C20H21NO3. The first-order chi connectivity index (χ1) is 11.8. The van der Waals surface area contributed by atoms with Crippen LogP contribution in [-0.4, -0.2) is 17.1 Å². The maximum absolute atomic E-state index is 11.8. The maximum atomic E-state index is 11.8. The first-order valence-corrected chi connectivity index (χ1v) is 8.18. The molecule has 0 spiro atoms. The number of nitrogens with zero attached hydrogens (tertiary/aromatic N) is 1. The lowest BCUT2D eigenvalue weighted by molar-refractivity contribution is -0.144. The molecule has 0 unspecified atom stereocenters. The molecular weight excluding hydrogens is 302 g/mol. The van der Waals surface area contributed by atoms with Crippen molar-refractivity contribution in [2.75, 3.05) is 6.61 Å². The van der Waals surface area contributed by atoms with Crippen LogP contribution in [0.15, 0.2) is 60.8 Å². The molecule has 24 heavy (non-hydrogen) atoms. The predicted molar refractivity (Wildman–Crippen MR) is 94.0 cm³/mol. The first-order valence-electron chi connectivity index (χ1n) is 8.18. The normalized spacial score (nSPS) is 10.7. The van der Waals surface area contributed by atoms with Gasteiger partial charge in [0.05, 0.1) is 12.1 Å². The number of fused-ring (bicyclic) bond motifs is 1. The molecule has 0 N–H and O–H groups in total. The van der Waals surface area contributed by atoms with Crippen LogP contribution in [0.3, 0.4) is 0 Å². The Hall–Kier alpha value is -2.75. The fourth-order valence-electron chi connectivity index (χ4n) is 2.59. The first kappa shape index (κ1) is 16.1. The van der Waals surface area contributed by atoms with Gasteiger partial charge in [0.2, 0.25) is 0 Å². The van der Waals surface area contributed by atoms with Crippen LogP contribution in [0.25, 0.3) is 10.9 Å². The second kappa shape index (κ2) is 7.68. The lowest BCUT2D eigenvalue weighted by Crippen LogP contribution is -2.13. The van der Waals surface area contributed by atoms with Crippen molar-refractivity contribution in [1.29, 1.82) is 0 Å². The molecule has 0 bridgehead atoms. The van der Waals surface area contributed by atoms with Gasteiger partial charge in [-0.25, -0.2) is 0 Å². The number of carbonyl (C=O) groups is 1. The van der Waals surface area contributed by atoms with E-state index in [0.717, 1.165) is 28.6 Å². The summed E-state index contributed by atoms with van der Waals surface area (Å²) in [7, 11) is 0. The molecule has 0 saturated heterocycles. The molecule has 3 aromatic rings. The number of rotatable bonds is 7. The number of benzene rings is 2. The second-order valence-corrected chi connectivity index (χ2v) is 5.63. The zero-order chi connectivity index (χ0) is 16.8.